The number of nitrogens with zero attached hydrogens (tertiary/aromatic N) is 3. The third-order valence-electron chi connectivity index (χ3n) is 8.99. The Kier molecular flexibility index (Phi) is 7.33. The lowest BCUT2D eigenvalue weighted by atomic mass is 9.81. The topological polar surface area (TPSA) is 57.9 Å². The van der Waals surface area contributed by atoms with Gasteiger partial charge in [-0.25, -0.2) is 4.79 Å². The fraction of sp³-hybridized carbons (Fsp3) is 0.531. The second-order valence-corrected chi connectivity index (χ2v) is 11.5. The van der Waals surface area contributed by atoms with Crippen molar-refractivity contribution in [3.63, 3.8) is 0 Å². The maximum atomic E-state index is 11.8. The molecular formula is C32H41N3O3. The van der Waals surface area contributed by atoms with Gasteiger partial charge in [0.25, 0.3) is 0 Å². The van der Waals surface area contributed by atoms with Crippen LogP contribution in [0.15, 0.2) is 36.4 Å². The molecule has 202 valence electrons. The SMILES string of the molecule is CN1CCn2c(c(C3CCCCC3)c3ccc(C(=O)O)cc32)-c2ccc(OCCCN3CCCCC3)cc21. The number of likely N-dealkylation sites (N-methyl/N-ethyl adjacent to an activating group) is 1. The molecular weight excluding hydrogens is 474 g/mol. The first-order valence-electron chi connectivity index (χ1n) is 14.7. The second-order valence-electron chi connectivity index (χ2n) is 11.5. The van der Waals surface area contributed by atoms with Crippen LogP contribution in [0, 0.1) is 0 Å². The number of carboxylic acids is 1. The molecule has 2 aliphatic heterocycles. The van der Waals surface area contributed by atoms with E-state index in [0.717, 1.165) is 43.9 Å². The minimum atomic E-state index is -0.866. The molecule has 3 heterocycles. The first-order chi connectivity index (χ1) is 18.6. The van der Waals surface area contributed by atoms with E-state index in [1.165, 1.54) is 92.4 Å². The van der Waals surface area contributed by atoms with E-state index in [9.17, 15) is 9.90 Å². The molecule has 0 radical (unpaired) electrons. The minimum Gasteiger partial charge on any atom is -0.493 e. The van der Waals surface area contributed by atoms with E-state index >= 15 is 0 Å². The second kappa shape index (κ2) is 11.0. The zero-order valence-electron chi connectivity index (χ0n) is 22.8. The van der Waals surface area contributed by atoms with E-state index in [0.29, 0.717) is 11.5 Å². The third-order valence-corrected chi connectivity index (χ3v) is 8.99. The van der Waals surface area contributed by atoms with Crippen molar-refractivity contribution in [2.24, 2.45) is 0 Å². The summed E-state index contributed by atoms with van der Waals surface area (Å²) in [7, 11) is 2.16. The van der Waals surface area contributed by atoms with Crippen LogP contribution in [-0.2, 0) is 6.54 Å². The summed E-state index contributed by atoms with van der Waals surface area (Å²) < 4.78 is 8.66. The van der Waals surface area contributed by atoms with E-state index in [4.69, 9.17) is 4.74 Å². The van der Waals surface area contributed by atoms with Crippen molar-refractivity contribution in [2.45, 2.75) is 70.3 Å². The van der Waals surface area contributed by atoms with Crippen LogP contribution >= 0.6 is 0 Å². The summed E-state index contributed by atoms with van der Waals surface area (Å²) in [5.74, 6) is 0.584. The van der Waals surface area contributed by atoms with Crippen LogP contribution in [0.1, 0.15) is 79.6 Å². The zero-order chi connectivity index (χ0) is 26.1. The largest absolute Gasteiger partial charge is 0.493 e. The highest BCUT2D eigenvalue weighted by Gasteiger charge is 2.30. The van der Waals surface area contributed by atoms with Crippen LogP contribution in [0.3, 0.4) is 0 Å². The highest BCUT2D eigenvalue weighted by atomic mass is 16.5. The fourth-order valence-electron chi connectivity index (χ4n) is 6.99. The Morgan fingerprint density at radius 1 is 0.947 bits per heavy atom. The summed E-state index contributed by atoms with van der Waals surface area (Å²) >= 11 is 0. The average molecular weight is 516 g/mol. The number of rotatable bonds is 7. The Balaban J connectivity index is 1.35. The van der Waals surface area contributed by atoms with Gasteiger partial charge in [0.15, 0.2) is 0 Å². The molecule has 1 saturated carbocycles. The number of piperidine rings is 1. The van der Waals surface area contributed by atoms with E-state index in [2.05, 4.69) is 45.7 Å². The molecule has 1 saturated heterocycles. The van der Waals surface area contributed by atoms with Gasteiger partial charge in [-0.1, -0.05) is 31.7 Å². The van der Waals surface area contributed by atoms with Crippen molar-refractivity contribution in [1.29, 1.82) is 0 Å². The number of carboxylic acid groups (broad SMARTS) is 1. The maximum absolute atomic E-state index is 11.8. The zero-order valence-corrected chi connectivity index (χ0v) is 22.8. The van der Waals surface area contributed by atoms with Gasteiger partial charge >= 0.3 is 5.97 Å². The summed E-state index contributed by atoms with van der Waals surface area (Å²) in [6.07, 6.45) is 11.3. The Morgan fingerprint density at radius 2 is 1.74 bits per heavy atom. The van der Waals surface area contributed by atoms with E-state index < -0.39 is 5.97 Å². The highest BCUT2D eigenvalue weighted by molar-refractivity contribution is 5.99. The van der Waals surface area contributed by atoms with Gasteiger partial charge in [-0.15, -0.1) is 0 Å². The van der Waals surface area contributed by atoms with Crippen molar-refractivity contribution >= 4 is 22.6 Å². The van der Waals surface area contributed by atoms with Crippen molar-refractivity contribution in [2.75, 3.05) is 44.7 Å². The monoisotopic (exact) mass is 515 g/mol. The molecule has 0 atom stereocenters. The predicted molar refractivity (Wildman–Crippen MR) is 154 cm³/mol. The summed E-state index contributed by atoms with van der Waals surface area (Å²) in [5, 5.41) is 10.9. The first-order valence-corrected chi connectivity index (χ1v) is 14.7. The van der Waals surface area contributed by atoms with Gasteiger partial charge in [-0.05, 0) is 80.9 Å². The van der Waals surface area contributed by atoms with Gasteiger partial charge in [-0.2, -0.15) is 0 Å². The van der Waals surface area contributed by atoms with Gasteiger partial charge in [0, 0.05) is 54.9 Å². The quantitative estimate of drug-likeness (QED) is 0.352. The molecule has 0 spiro atoms. The van der Waals surface area contributed by atoms with Crippen molar-refractivity contribution in [1.82, 2.24) is 9.47 Å². The number of likely N-dealkylation sites (tertiary alicyclic amines) is 1. The van der Waals surface area contributed by atoms with E-state index in [1.54, 1.807) is 6.07 Å². The maximum Gasteiger partial charge on any atom is 0.335 e. The number of aromatic carboxylic acids is 1. The molecule has 6 rings (SSSR count). The smallest absolute Gasteiger partial charge is 0.335 e. The van der Waals surface area contributed by atoms with E-state index in [1.807, 2.05) is 6.07 Å². The predicted octanol–water partition coefficient (Wildman–Crippen LogP) is 6.76. The number of ether oxygens (including phenoxy) is 1. The fourth-order valence-corrected chi connectivity index (χ4v) is 6.99. The van der Waals surface area contributed by atoms with Gasteiger partial charge < -0.3 is 24.2 Å². The standard InChI is InChI=1S/C32H41N3O3/c1-33-18-19-35-29-21-24(32(36)37)11-13-26(29)30(23-9-4-2-5-10-23)31(35)27-14-12-25(22-28(27)33)38-20-8-17-34-15-6-3-7-16-34/h11-14,21-23H,2-10,15-20H2,1H3,(H,36,37). The first kappa shape index (κ1) is 25.3. The minimum absolute atomic E-state index is 0.360. The lowest BCUT2D eigenvalue weighted by Gasteiger charge is -2.26. The molecule has 1 N–H and O–H groups in total. The van der Waals surface area contributed by atoms with Crippen molar-refractivity contribution in [3.8, 4) is 17.0 Å². The Hall–Kier alpha value is -2.99. The van der Waals surface area contributed by atoms with Gasteiger partial charge in [0.2, 0.25) is 0 Å². The Bertz CT molecular complexity index is 1300. The Labute approximate surface area is 226 Å². The van der Waals surface area contributed by atoms with Crippen LogP contribution < -0.4 is 9.64 Å². The highest BCUT2D eigenvalue weighted by Crippen LogP contribution is 2.47. The van der Waals surface area contributed by atoms with Crippen LogP contribution in [0.4, 0.5) is 5.69 Å². The number of fused-ring (bicyclic) bond motifs is 5. The van der Waals surface area contributed by atoms with Crippen molar-refractivity contribution < 1.29 is 14.6 Å². The lowest BCUT2D eigenvalue weighted by Crippen LogP contribution is -2.31. The van der Waals surface area contributed by atoms with Gasteiger partial charge in [0.05, 0.1) is 17.9 Å². The summed E-state index contributed by atoms with van der Waals surface area (Å²) in [4.78, 5) is 16.7. The summed E-state index contributed by atoms with van der Waals surface area (Å²) in [6, 6.07) is 12.3. The van der Waals surface area contributed by atoms with Gasteiger partial charge in [0.1, 0.15) is 5.75 Å². The summed E-state index contributed by atoms with van der Waals surface area (Å²) in [6.45, 7) is 6.02. The number of aromatic nitrogens is 1. The molecule has 6 heteroatoms. The van der Waals surface area contributed by atoms with Crippen LogP contribution in [0.2, 0.25) is 0 Å². The molecule has 3 aromatic rings. The van der Waals surface area contributed by atoms with Crippen LogP contribution in [-0.4, -0.2) is 60.4 Å². The normalized spacial score (nSPS) is 18.7. The molecule has 0 bridgehead atoms. The number of benzene rings is 2. The molecule has 1 aromatic heterocycles. The summed E-state index contributed by atoms with van der Waals surface area (Å²) in [5.41, 5.74) is 6.56. The molecule has 1 aliphatic carbocycles. The van der Waals surface area contributed by atoms with E-state index in [-0.39, 0.29) is 0 Å². The van der Waals surface area contributed by atoms with Crippen LogP contribution in [0.25, 0.3) is 22.2 Å². The van der Waals surface area contributed by atoms with Crippen LogP contribution in [0.5, 0.6) is 5.75 Å². The molecule has 3 aliphatic rings. The van der Waals surface area contributed by atoms with Crippen molar-refractivity contribution in [3.05, 3.63) is 47.5 Å². The Morgan fingerprint density at radius 3 is 2.53 bits per heavy atom. The molecule has 38 heavy (non-hydrogen) atoms. The molecule has 0 unspecified atom stereocenters. The number of anilines is 1. The number of hydrogen-bond acceptors (Lipinski definition) is 4. The number of hydrogen-bond donors (Lipinski definition) is 1. The lowest BCUT2D eigenvalue weighted by molar-refractivity contribution is 0.0697. The molecule has 2 aromatic carbocycles. The molecule has 2 fully saturated rings. The average Bonchev–Trinajstić information content (AvgIpc) is 3.20. The third kappa shape index (κ3) is 4.91. The molecule has 6 nitrogen and oxygen atoms in total. The molecule has 0 amide bonds. The van der Waals surface area contributed by atoms with Gasteiger partial charge in [-0.3, -0.25) is 0 Å². The number of carbonyl (C=O) groups is 1.